The van der Waals surface area contributed by atoms with Crippen molar-refractivity contribution >= 4 is 38.9 Å². The monoisotopic (exact) mass is 344 g/mol. The van der Waals surface area contributed by atoms with Gasteiger partial charge in [-0.1, -0.05) is 34.5 Å². The molecule has 5 heteroatoms. The van der Waals surface area contributed by atoms with Crippen molar-refractivity contribution < 1.29 is 0 Å². The average Bonchev–Trinajstić information content (AvgIpc) is 2.80. The third-order valence-corrected chi connectivity index (χ3v) is 4.08. The van der Waals surface area contributed by atoms with Gasteiger partial charge in [-0.05, 0) is 30.3 Å². The predicted molar refractivity (Wildman–Crippen MR) is 81.4 cm³/mol. The molecular formula is C13H14BrClN2S. The first-order valence-corrected chi connectivity index (χ1v) is 7.82. The van der Waals surface area contributed by atoms with Crippen molar-refractivity contribution in [3.05, 3.63) is 49.8 Å². The SMILES string of the molecule is CCNC(Cc1nccs1)c1cc(Cl)cc(Br)c1. The number of hydrogen-bond donors (Lipinski definition) is 1. The second-order valence-electron chi connectivity index (χ2n) is 3.94. The zero-order chi connectivity index (χ0) is 13.0. The van der Waals surface area contributed by atoms with E-state index in [0.717, 1.165) is 27.5 Å². The number of thiazole rings is 1. The molecule has 1 aromatic heterocycles. The van der Waals surface area contributed by atoms with Crippen molar-refractivity contribution in [3.8, 4) is 0 Å². The van der Waals surface area contributed by atoms with Gasteiger partial charge < -0.3 is 5.32 Å². The molecule has 18 heavy (non-hydrogen) atoms. The van der Waals surface area contributed by atoms with E-state index in [1.165, 1.54) is 5.56 Å². The van der Waals surface area contributed by atoms with Gasteiger partial charge in [-0.2, -0.15) is 0 Å². The topological polar surface area (TPSA) is 24.9 Å². The van der Waals surface area contributed by atoms with E-state index >= 15 is 0 Å². The van der Waals surface area contributed by atoms with Crippen molar-refractivity contribution in [1.82, 2.24) is 10.3 Å². The van der Waals surface area contributed by atoms with Gasteiger partial charge in [0.1, 0.15) is 0 Å². The number of nitrogens with zero attached hydrogens (tertiary/aromatic N) is 1. The second-order valence-corrected chi connectivity index (χ2v) is 6.27. The van der Waals surface area contributed by atoms with Crippen LogP contribution in [0.4, 0.5) is 0 Å². The summed E-state index contributed by atoms with van der Waals surface area (Å²) in [5.41, 5.74) is 1.19. The van der Waals surface area contributed by atoms with Crippen LogP contribution < -0.4 is 5.32 Å². The molecule has 0 bridgehead atoms. The third kappa shape index (κ3) is 3.79. The summed E-state index contributed by atoms with van der Waals surface area (Å²) in [7, 11) is 0. The zero-order valence-corrected chi connectivity index (χ0v) is 13.1. The smallest absolute Gasteiger partial charge is 0.0943 e. The fourth-order valence-corrected chi connectivity index (χ4v) is 3.41. The summed E-state index contributed by atoms with van der Waals surface area (Å²) in [5.74, 6) is 0. The number of hydrogen-bond acceptors (Lipinski definition) is 3. The van der Waals surface area contributed by atoms with Crippen LogP contribution in [0.2, 0.25) is 5.02 Å². The number of rotatable bonds is 5. The Balaban J connectivity index is 2.23. The van der Waals surface area contributed by atoms with Crippen molar-refractivity contribution in [2.75, 3.05) is 6.54 Å². The van der Waals surface area contributed by atoms with E-state index in [4.69, 9.17) is 11.6 Å². The Hall–Kier alpha value is -0.420. The summed E-state index contributed by atoms with van der Waals surface area (Å²) in [5, 5.41) is 7.37. The summed E-state index contributed by atoms with van der Waals surface area (Å²) in [6.45, 7) is 3.02. The van der Waals surface area contributed by atoms with Gasteiger partial charge in [-0.3, -0.25) is 0 Å². The van der Waals surface area contributed by atoms with Crippen LogP contribution in [0, 0.1) is 0 Å². The Morgan fingerprint density at radius 2 is 2.28 bits per heavy atom. The third-order valence-electron chi connectivity index (χ3n) is 2.60. The minimum Gasteiger partial charge on any atom is -0.310 e. The van der Waals surface area contributed by atoms with E-state index in [1.807, 2.05) is 23.7 Å². The fourth-order valence-electron chi connectivity index (χ4n) is 1.86. The molecule has 1 N–H and O–H groups in total. The Labute approximate surface area is 125 Å². The minimum atomic E-state index is 0.246. The number of benzene rings is 1. The molecule has 0 aliphatic carbocycles. The zero-order valence-electron chi connectivity index (χ0n) is 9.99. The molecule has 0 aliphatic rings. The van der Waals surface area contributed by atoms with E-state index in [2.05, 4.69) is 39.2 Å². The lowest BCUT2D eigenvalue weighted by Gasteiger charge is -2.18. The molecule has 2 aromatic rings. The first-order chi connectivity index (χ1) is 8.69. The van der Waals surface area contributed by atoms with Gasteiger partial charge >= 0.3 is 0 Å². The maximum atomic E-state index is 6.11. The highest BCUT2D eigenvalue weighted by molar-refractivity contribution is 9.10. The summed E-state index contributed by atoms with van der Waals surface area (Å²) in [4.78, 5) is 4.34. The lowest BCUT2D eigenvalue weighted by molar-refractivity contribution is 0.548. The minimum absolute atomic E-state index is 0.246. The van der Waals surface area contributed by atoms with Crippen molar-refractivity contribution in [3.63, 3.8) is 0 Å². The highest BCUT2D eigenvalue weighted by Gasteiger charge is 2.13. The molecule has 0 radical (unpaired) electrons. The lowest BCUT2D eigenvalue weighted by Crippen LogP contribution is -2.22. The maximum absolute atomic E-state index is 6.11. The highest BCUT2D eigenvalue weighted by atomic mass is 79.9. The molecule has 2 rings (SSSR count). The number of aromatic nitrogens is 1. The number of likely N-dealkylation sites (N-methyl/N-ethyl adjacent to an activating group) is 1. The van der Waals surface area contributed by atoms with E-state index in [0.29, 0.717) is 0 Å². The molecule has 0 saturated heterocycles. The van der Waals surface area contributed by atoms with Gasteiger partial charge in [0.25, 0.3) is 0 Å². The normalized spacial score (nSPS) is 12.6. The molecule has 0 spiro atoms. The molecule has 1 atom stereocenters. The Bertz CT molecular complexity index is 481. The first kappa shape index (κ1) is 14.0. The molecule has 0 saturated carbocycles. The molecule has 2 nitrogen and oxygen atoms in total. The van der Waals surface area contributed by atoms with Crippen LogP contribution in [-0.2, 0) is 6.42 Å². The van der Waals surface area contributed by atoms with Gasteiger partial charge in [0.2, 0.25) is 0 Å². The quantitative estimate of drug-likeness (QED) is 0.866. The van der Waals surface area contributed by atoms with Gasteiger partial charge in [0, 0.05) is 33.5 Å². The van der Waals surface area contributed by atoms with Crippen LogP contribution in [0.25, 0.3) is 0 Å². The molecule has 1 aromatic carbocycles. The molecule has 0 amide bonds. The summed E-state index contributed by atoms with van der Waals surface area (Å²) < 4.78 is 1.01. The fraction of sp³-hybridized carbons (Fsp3) is 0.308. The number of halogens is 2. The summed E-state index contributed by atoms with van der Waals surface area (Å²) >= 11 is 11.3. The molecule has 1 heterocycles. The first-order valence-electron chi connectivity index (χ1n) is 5.76. The second kappa shape index (κ2) is 6.66. The molecule has 0 aliphatic heterocycles. The van der Waals surface area contributed by atoms with Crippen LogP contribution in [0.3, 0.4) is 0 Å². The van der Waals surface area contributed by atoms with Crippen LogP contribution in [-0.4, -0.2) is 11.5 Å². The van der Waals surface area contributed by atoms with E-state index in [1.54, 1.807) is 11.3 Å². The average molecular weight is 346 g/mol. The van der Waals surface area contributed by atoms with Crippen molar-refractivity contribution in [1.29, 1.82) is 0 Å². The van der Waals surface area contributed by atoms with Crippen LogP contribution in [0.15, 0.2) is 34.2 Å². The van der Waals surface area contributed by atoms with Crippen molar-refractivity contribution in [2.45, 2.75) is 19.4 Å². The van der Waals surface area contributed by atoms with Crippen molar-refractivity contribution in [2.24, 2.45) is 0 Å². The van der Waals surface area contributed by atoms with Gasteiger partial charge in [-0.25, -0.2) is 4.98 Å². The Kier molecular flexibility index (Phi) is 5.18. The lowest BCUT2D eigenvalue weighted by atomic mass is 10.0. The standard InChI is InChI=1S/C13H14BrClN2S/c1-2-16-12(8-13-17-3-4-18-13)9-5-10(14)7-11(15)6-9/h3-7,12,16H,2,8H2,1H3. The van der Waals surface area contributed by atoms with Crippen LogP contribution in [0.1, 0.15) is 23.5 Å². The highest BCUT2D eigenvalue weighted by Crippen LogP contribution is 2.26. The predicted octanol–water partition coefficient (Wildman–Crippen LogP) is 4.45. The Morgan fingerprint density at radius 3 is 2.89 bits per heavy atom. The molecular weight excluding hydrogens is 332 g/mol. The van der Waals surface area contributed by atoms with E-state index in [9.17, 15) is 0 Å². The molecule has 0 fully saturated rings. The molecule has 1 unspecified atom stereocenters. The molecule has 96 valence electrons. The number of nitrogens with one attached hydrogen (secondary N) is 1. The van der Waals surface area contributed by atoms with Gasteiger partial charge in [-0.15, -0.1) is 11.3 Å². The summed E-state index contributed by atoms with van der Waals surface area (Å²) in [6, 6.07) is 6.26. The van der Waals surface area contributed by atoms with Crippen LogP contribution in [0.5, 0.6) is 0 Å². The Morgan fingerprint density at radius 1 is 1.44 bits per heavy atom. The van der Waals surface area contributed by atoms with E-state index in [-0.39, 0.29) is 6.04 Å². The van der Waals surface area contributed by atoms with Crippen LogP contribution >= 0.6 is 38.9 Å². The van der Waals surface area contributed by atoms with Gasteiger partial charge in [0.15, 0.2) is 0 Å². The summed E-state index contributed by atoms with van der Waals surface area (Å²) in [6.07, 6.45) is 2.73. The van der Waals surface area contributed by atoms with Gasteiger partial charge in [0.05, 0.1) is 5.01 Å². The maximum Gasteiger partial charge on any atom is 0.0943 e. The van der Waals surface area contributed by atoms with E-state index < -0.39 is 0 Å². The largest absolute Gasteiger partial charge is 0.310 e.